The van der Waals surface area contributed by atoms with Gasteiger partial charge in [-0.15, -0.1) is 0 Å². The maximum atomic E-state index is 5.59. The van der Waals surface area contributed by atoms with E-state index in [2.05, 4.69) is 27.2 Å². The number of aromatic nitrogens is 2. The van der Waals surface area contributed by atoms with Crippen molar-refractivity contribution < 1.29 is 4.74 Å². The summed E-state index contributed by atoms with van der Waals surface area (Å²) in [5.74, 6) is 6.62. The summed E-state index contributed by atoms with van der Waals surface area (Å²) in [6.07, 6.45) is 2.94. The zero-order chi connectivity index (χ0) is 11.4. The van der Waals surface area contributed by atoms with E-state index in [1.54, 1.807) is 6.20 Å². The minimum atomic E-state index is 0.228. The molecule has 1 aromatic heterocycles. The quantitative estimate of drug-likeness (QED) is 0.557. The van der Waals surface area contributed by atoms with E-state index < -0.39 is 0 Å². The molecule has 1 atom stereocenters. The van der Waals surface area contributed by atoms with E-state index in [1.165, 1.54) is 0 Å². The second-order valence-corrected chi connectivity index (χ2v) is 3.86. The van der Waals surface area contributed by atoms with Crippen molar-refractivity contribution in [3.8, 4) is 0 Å². The van der Waals surface area contributed by atoms with Crippen LogP contribution in [0.15, 0.2) is 12.3 Å². The molecule has 1 aromatic rings. The minimum Gasteiger partial charge on any atom is -0.377 e. The molecule has 2 rings (SSSR count). The van der Waals surface area contributed by atoms with Crippen molar-refractivity contribution in [3.63, 3.8) is 0 Å². The third kappa shape index (κ3) is 2.59. The highest BCUT2D eigenvalue weighted by Gasteiger charge is 2.16. The maximum Gasteiger partial charge on any atom is 0.239 e. The summed E-state index contributed by atoms with van der Waals surface area (Å²) >= 11 is 0. The van der Waals surface area contributed by atoms with Gasteiger partial charge in [0.25, 0.3) is 0 Å². The third-order valence-corrected chi connectivity index (χ3v) is 2.55. The number of hydrogen-bond donors (Lipinski definition) is 2. The first-order chi connectivity index (χ1) is 7.79. The lowest BCUT2D eigenvalue weighted by Crippen LogP contribution is -2.31. The summed E-state index contributed by atoms with van der Waals surface area (Å²) in [6, 6.07) is 1.89. The van der Waals surface area contributed by atoms with Gasteiger partial charge >= 0.3 is 0 Å². The maximum absolute atomic E-state index is 5.59. The first kappa shape index (κ1) is 11.1. The molecule has 1 aliphatic rings. The molecule has 0 saturated carbocycles. The van der Waals surface area contributed by atoms with Crippen LogP contribution < -0.4 is 16.2 Å². The van der Waals surface area contributed by atoms with Gasteiger partial charge in [-0.25, -0.2) is 10.8 Å². The average molecular weight is 223 g/mol. The standard InChI is InChI=1S/C10H17N5O/c1-8-7-15(5-2-6-16-8)9-3-4-12-10(13-9)14-11/h3-4,8H,2,5-7,11H2,1H3,(H,12,13,14). The van der Waals surface area contributed by atoms with Crippen molar-refractivity contribution >= 4 is 11.8 Å². The summed E-state index contributed by atoms with van der Waals surface area (Å²) in [5.41, 5.74) is 2.45. The predicted octanol–water partition coefficient (Wildman–Crippen LogP) is 0.377. The van der Waals surface area contributed by atoms with Crippen LogP contribution in [0.4, 0.5) is 11.8 Å². The zero-order valence-corrected chi connectivity index (χ0v) is 9.39. The monoisotopic (exact) mass is 223 g/mol. The lowest BCUT2D eigenvalue weighted by molar-refractivity contribution is 0.0820. The Balaban J connectivity index is 2.14. The van der Waals surface area contributed by atoms with Crippen LogP contribution in [0.5, 0.6) is 0 Å². The van der Waals surface area contributed by atoms with Gasteiger partial charge < -0.3 is 9.64 Å². The molecule has 0 radical (unpaired) electrons. The minimum absolute atomic E-state index is 0.228. The lowest BCUT2D eigenvalue weighted by Gasteiger charge is -2.23. The molecule has 0 amide bonds. The number of nitrogen functional groups attached to an aromatic ring is 1. The molecule has 0 bridgehead atoms. The van der Waals surface area contributed by atoms with Crippen molar-refractivity contribution in [2.24, 2.45) is 5.84 Å². The average Bonchev–Trinajstić information content (AvgIpc) is 2.54. The van der Waals surface area contributed by atoms with Gasteiger partial charge in [0.15, 0.2) is 0 Å². The molecule has 16 heavy (non-hydrogen) atoms. The number of anilines is 2. The van der Waals surface area contributed by atoms with Crippen LogP contribution in [-0.4, -0.2) is 35.8 Å². The van der Waals surface area contributed by atoms with Crippen LogP contribution in [0.25, 0.3) is 0 Å². The van der Waals surface area contributed by atoms with E-state index in [4.69, 9.17) is 10.6 Å². The molecule has 3 N–H and O–H groups in total. The summed E-state index contributed by atoms with van der Waals surface area (Å²) in [5, 5.41) is 0. The Morgan fingerprint density at radius 2 is 2.50 bits per heavy atom. The highest BCUT2D eigenvalue weighted by Crippen LogP contribution is 2.15. The lowest BCUT2D eigenvalue weighted by atomic mass is 10.3. The smallest absolute Gasteiger partial charge is 0.239 e. The fourth-order valence-electron chi connectivity index (χ4n) is 1.80. The number of hydrazine groups is 1. The fraction of sp³-hybridized carbons (Fsp3) is 0.600. The summed E-state index contributed by atoms with van der Waals surface area (Å²) < 4.78 is 5.59. The molecular formula is C10H17N5O. The predicted molar refractivity (Wildman–Crippen MR) is 62.1 cm³/mol. The third-order valence-electron chi connectivity index (χ3n) is 2.55. The van der Waals surface area contributed by atoms with Gasteiger partial charge in [0.1, 0.15) is 5.82 Å². The summed E-state index contributed by atoms with van der Waals surface area (Å²) in [6.45, 7) is 4.68. The van der Waals surface area contributed by atoms with Gasteiger partial charge in [0.2, 0.25) is 5.95 Å². The van der Waals surface area contributed by atoms with Crippen LogP contribution in [0.3, 0.4) is 0 Å². The Labute approximate surface area is 94.8 Å². The van der Waals surface area contributed by atoms with E-state index in [0.29, 0.717) is 5.95 Å². The van der Waals surface area contributed by atoms with E-state index in [-0.39, 0.29) is 6.10 Å². The molecule has 2 heterocycles. The molecule has 88 valence electrons. The van der Waals surface area contributed by atoms with Crippen molar-refractivity contribution in [3.05, 3.63) is 12.3 Å². The largest absolute Gasteiger partial charge is 0.377 e. The summed E-state index contributed by atoms with van der Waals surface area (Å²) in [7, 11) is 0. The van der Waals surface area contributed by atoms with Crippen LogP contribution in [-0.2, 0) is 4.74 Å². The number of nitrogens with one attached hydrogen (secondary N) is 1. The molecule has 6 heteroatoms. The Morgan fingerprint density at radius 3 is 3.31 bits per heavy atom. The number of nitrogens with two attached hydrogens (primary N) is 1. The SMILES string of the molecule is CC1CN(c2ccnc(NN)n2)CCCO1. The molecule has 1 fully saturated rings. The Bertz CT molecular complexity index is 346. The van der Waals surface area contributed by atoms with Crippen molar-refractivity contribution in [2.45, 2.75) is 19.4 Å². The van der Waals surface area contributed by atoms with Crippen LogP contribution in [0.1, 0.15) is 13.3 Å². The molecule has 1 aliphatic heterocycles. The molecule has 1 saturated heterocycles. The van der Waals surface area contributed by atoms with Gasteiger partial charge in [-0.05, 0) is 19.4 Å². The number of rotatable bonds is 2. The number of nitrogens with zero attached hydrogens (tertiary/aromatic N) is 3. The number of ether oxygens (including phenoxy) is 1. The highest BCUT2D eigenvalue weighted by atomic mass is 16.5. The Morgan fingerprint density at radius 1 is 1.62 bits per heavy atom. The molecule has 1 unspecified atom stereocenters. The first-order valence-electron chi connectivity index (χ1n) is 5.46. The molecule has 0 spiro atoms. The Kier molecular flexibility index (Phi) is 3.53. The topological polar surface area (TPSA) is 76.3 Å². The van der Waals surface area contributed by atoms with Crippen LogP contribution >= 0.6 is 0 Å². The van der Waals surface area contributed by atoms with E-state index >= 15 is 0 Å². The second-order valence-electron chi connectivity index (χ2n) is 3.86. The van der Waals surface area contributed by atoms with Gasteiger partial charge in [-0.3, -0.25) is 5.43 Å². The second kappa shape index (κ2) is 5.09. The molecular weight excluding hydrogens is 206 g/mol. The fourth-order valence-corrected chi connectivity index (χ4v) is 1.80. The Hall–Kier alpha value is -1.40. The molecule has 0 aromatic carbocycles. The normalized spacial score (nSPS) is 21.6. The molecule has 6 nitrogen and oxygen atoms in total. The number of hydrogen-bond acceptors (Lipinski definition) is 6. The van der Waals surface area contributed by atoms with Gasteiger partial charge in [0, 0.05) is 25.9 Å². The van der Waals surface area contributed by atoms with E-state index in [1.807, 2.05) is 6.07 Å². The summed E-state index contributed by atoms with van der Waals surface area (Å²) in [4.78, 5) is 10.5. The van der Waals surface area contributed by atoms with Gasteiger partial charge in [0.05, 0.1) is 6.10 Å². The van der Waals surface area contributed by atoms with Crippen molar-refractivity contribution in [1.29, 1.82) is 0 Å². The highest BCUT2D eigenvalue weighted by molar-refractivity contribution is 5.42. The first-order valence-corrected chi connectivity index (χ1v) is 5.46. The van der Waals surface area contributed by atoms with Crippen LogP contribution in [0, 0.1) is 0 Å². The molecule has 0 aliphatic carbocycles. The zero-order valence-electron chi connectivity index (χ0n) is 9.39. The van der Waals surface area contributed by atoms with E-state index in [9.17, 15) is 0 Å². The van der Waals surface area contributed by atoms with Gasteiger partial charge in [-0.1, -0.05) is 0 Å². The van der Waals surface area contributed by atoms with Crippen LogP contribution in [0.2, 0.25) is 0 Å². The van der Waals surface area contributed by atoms with E-state index in [0.717, 1.165) is 31.9 Å². The van der Waals surface area contributed by atoms with Gasteiger partial charge in [-0.2, -0.15) is 4.98 Å². The van der Waals surface area contributed by atoms with Crippen molar-refractivity contribution in [2.75, 3.05) is 30.0 Å². The van der Waals surface area contributed by atoms with Crippen molar-refractivity contribution in [1.82, 2.24) is 9.97 Å².